The molecule has 4 N–H and O–H groups in total. The minimum Gasteiger partial charge on any atom is -0.394 e. The van der Waals surface area contributed by atoms with Gasteiger partial charge >= 0.3 is 0 Å². The highest BCUT2D eigenvalue weighted by molar-refractivity contribution is 5.76. The number of carbonyl (C=O) groups excluding carboxylic acids is 1. The second kappa shape index (κ2) is 34.7. The Balaban J connectivity index is 3.75. The SMILES string of the molecule is CCCCCCCCCC/C=C/CC/C=C/C(O)C(CO)NC(=O)CC(O)CCCCCCCCCCCCCCCCC. The van der Waals surface area contributed by atoms with E-state index in [0.29, 0.717) is 6.42 Å². The van der Waals surface area contributed by atoms with Crippen LogP contribution in [0.5, 0.6) is 0 Å². The van der Waals surface area contributed by atoms with Crippen molar-refractivity contribution in [3.63, 3.8) is 0 Å². The molecule has 0 saturated carbocycles. The van der Waals surface area contributed by atoms with Gasteiger partial charge < -0.3 is 20.6 Å². The van der Waals surface area contributed by atoms with Crippen molar-refractivity contribution < 1.29 is 20.1 Å². The predicted octanol–water partition coefficient (Wildman–Crippen LogP) is 10.3. The van der Waals surface area contributed by atoms with Gasteiger partial charge in [0.05, 0.1) is 31.3 Å². The number of rotatable bonds is 34. The van der Waals surface area contributed by atoms with Crippen LogP contribution in [0.25, 0.3) is 0 Å². The average molecular weight is 622 g/mol. The average Bonchev–Trinajstić information content (AvgIpc) is 3.01. The molecule has 0 aliphatic carbocycles. The maximum Gasteiger partial charge on any atom is 0.222 e. The van der Waals surface area contributed by atoms with E-state index in [1.165, 1.54) is 135 Å². The summed E-state index contributed by atoms with van der Waals surface area (Å²) in [6.07, 6.45) is 40.2. The number of aliphatic hydroxyl groups excluding tert-OH is 3. The molecule has 260 valence electrons. The van der Waals surface area contributed by atoms with Crippen LogP contribution < -0.4 is 5.32 Å². The maximum atomic E-state index is 12.4. The number of unbranched alkanes of at least 4 members (excludes halogenated alkanes) is 23. The summed E-state index contributed by atoms with van der Waals surface area (Å²) in [6, 6.07) is -0.755. The lowest BCUT2D eigenvalue weighted by Gasteiger charge is -2.21. The summed E-state index contributed by atoms with van der Waals surface area (Å²) >= 11 is 0. The van der Waals surface area contributed by atoms with Gasteiger partial charge in [-0.1, -0.05) is 179 Å². The van der Waals surface area contributed by atoms with E-state index in [4.69, 9.17) is 0 Å². The summed E-state index contributed by atoms with van der Waals surface area (Å²) in [4.78, 5) is 12.4. The zero-order valence-corrected chi connectivity index (χ0v) is 29.3. The molecule has 0 aromatic carbocycles. The van der Waals surface area contributed by atoms with E-state index in [1.807, 2.05) is 6.08 Å². The molecule has 0 aliphatic heterocycles. The van der Waals surface area contributed by atoms with Crippen molar-refractivity contribution in [1.29, 1.82) is 0 Å². The predicted molar refractivity (Wildman–Crippen MR) is 190 cm³/mol. The molecule has 0 spiro atoms. The molecule has 0 bridgehead atoms. The normalized spacial score (nSPS) is 14.0. The molecule has 0 radical (unpaired) electrons. The van der Waals surface area contributed by atoms with E-state index in [0.717, 1.165) is 32.1 Å². The number of allylic oxidation sites excluding steroid dienone is 3. The standard InChI is InChI=1S/C39H75NO4/c1-3-5-7-9-11-13-15-17-19-20-22-24-26-28-30-32-36(42)34-39(44)40-37(35-41)38(43)33-31-29-27-25-23-21-18-16-14-12-10-8-6-4-2/h23,25,31,33,36-38,41-43H,3-22,24,26-30,32,34-35H2,1-2H3,(H,40,44)/b25-23+,33-31+. The van der Waals surface area contributed by atoms with Crippen molar-refractivity contribution in [3.8, 4) is 0 Å². The molecular weight excluding hydrogens is 546 g/mol. The van der Waals surface area contributed by atoms with Gasteiger partial charge in [-0.05, 0) is 32.1 Å². The minimum absolute atomic E-state index is 0.00912. The maximum absolute atomic E-state index is 12.4. The lowest BCUT2D eigenvalue weighted by atomic mass is 10.0. The van der Waals surface area contributed by atoms with E-state index >= 15 is 0 Å². The summed E-state index contributed by atoms with van der Waals surface area (Å²) in [5.74, 6) is -0.325. The number of hydrogen-bond acceptors (Lipinski definition) is 4. The highest BCUT2D eigenvalue weighted by Crippen LogP contribution is 2.15. The zero-order chi connectivity index (χ0) is 32.4. The van der Waals surface area contributed by atoms with Crippen LogP contribution in [0.15, 0.2) is 24.3 Å². The van der Waals surface area contributed by atoms with Crippen molar-refractivity contribution in [3.05, 3.63) is 24.3 Å². The molecule has 3 unspecified atom stereocenters. The first-order valence-electron chi connectivity index (χ1n) is 19.1. The van der Waals surface area contributed by atoms with E-state index in [1.54, 1.807) is 6.08 Å². The van der Waals surface area contributed by atoms with Gasteiger partial charge in [-0.2, -0.15) is 0 Å². The Morgan fingerprint density at radius 2 is 0.977 bits per heavy atom. The Hall–Kier alpha value is -1.17. The monoisotopic (exact) mass is 622 g/mol. The van der Waals surface area contributed by atoms with Crippen LogP contribution in [-0.4, -0.2) is 46.1 Å². The quantitative estimate of drug-likeness (QED) is 0.0425. The van der Waals surface area contributed by atoms with Gasteiger partial charge in [-0.3, -0.25) is 4.79 Å². The molecule has 0 heterocycles. The van der Waals surface area contributed by atoms with Crippen LogP contribution in [0, 0.1) is 0 Å². The number of nitrogens with one attached hydrogen (secondary N) is 1. The van der Waals surface area contributed by atoms with E-state index in [2.05, 4.69) is 31.3 Å². The first-order chi connectivity index (χ1) is 21.5. The van der Waals surface area contributed by atoms with Gasteiger partial charge in [-0.15, -0.1) is 0 Å². The lowest BCUT2D eigenvalue weighted by molar-refractivity contribution is -0.124. The van der Waals surface area contributed by atoms with Gasteiger partial charge in [-0.25, -0.2) is 0 Å². The van der Waals surface area contributed by atoms with Gasteiger partial charge in [0.2, 0.25) is 5.91 Å². The van der Waals surface area contributed by atoms with Gasteiger partial charge in [0.25, 0.3) is 0 Å². The summed E-state index contributed by atoms with van der Waals surface area (Å²) in [7, 11) is 0. The van der Waals surface area contributed by atoms with Crippen molar-refractivity contribution in [2.45, 2.75) is 212 Å². The summed E-state index contributed by atoms with van der Waals surface area (Å²) in [5.41, 5.74) is 0. The zero-order valence-electron chi connectivity index (χ0n) is 29.3. The second-order valence-electron chi connectivity index (χ2n) is 13.2. The Morgan fingerprint density at radius 1 is 0.568 bits per heavy atom. The first kappa shape index (κ1) is 42.8. The van der Waals surface area contributed by atoms with Crippen LogP contribution in [0.1, 0.15) is 194 Å². The molecule has 5 heteroatoms. The molecule has 0 rings (SSSR count). The highest BCUT2D eigenvalue weighted by atomic mass is 16.3. The van der Waals surface area contributed by atoms with Gasteiger partial charge in [0, 0.05) is 0 Å². The second-order valence-corrected chi connectivity index (χ2v) is 13.2. The van der Waals surface area contributed by atoms with Crippen LogP contribution in [-0.2, 0) is 4.79 Å². The Morgan fingerprint density at radius 3 is 1.45 bits per heavy atom. The molecule has 0 saturated heterocycles. The molecule has 0 aromatic heterocycles. The molecule has 44 heavy (non-hydrogen) atoms. The topological polar surface area (TPSA) is 89.8 Å². The molecule has 0 fully saturated rings. The van der Waals surface area contributed by atoms with Crippen LogP contribution >= 0.6 is 0 Å². The minimum atomic E-state index is -0.946. The van der Waals surface area contributed by atoms with Crippen molar-refractivity contribution in [2.24, 2.45) is 0 Å². The molecule has 0 aliphatic rings. The van der Waals surface area contributed by atoms with Crippen LogP contribution in [0.2, 0.25) is 0 Å². The van der Waals surface area contributed by atoms with Crippen molar-refractivity contribution in [2.75, 3.05) is 6.61 Å². The third-order valence-corrected chi connectivity index (χ3v) is 8.74. The lowest BCUT2D eigenvalue weighted by Crippen LogP contribution is -2.45. The van der Waals surface area contributed by atoms with Crippen molar-refractivity contribution in [1.82, 2.24) is 5.32 Å². The summed E-state index contributed by atoms with van der Waals surface area (Å²) in [6.45, 7) is 4.18. The van der Waals surface area contributed by atoms with E-state index in [-0.39, 0.29) is 18.9 Å². The molecule has 5 nitrogen and oxygen atoms in total. The number of aliphatic hydroxyl groups is 3. The number of hydrogen-bond donors (Lipinski definition) is 4. The van der Waals surface area contributed by atoms with Crippen LogP contribution in [0.4, 0.5) is 0 Å². The Bertz CT molecular complexity index is 650. The molecule has 1 amide bonds. The van der Waals surface area contributed by atoms with E-state index < -0.39 is 18.2 Å². The number of amides is 1. The Kier molecular flexibility index (Phi) is 33.8. The first-order valence-corrected chi connectivity index (χ1v) is 19.1. The third-order valence-electron chi connectivity index (χ3n) is 8.74. The fourth-order valence-corrected chi connectivity index (χ4v) is 5.77. The molecule has 0 aromatic rings. The van der Waals surface area contributed by atoms with E-state index in [9.17, 15) is 20.1 Å². The Labute approximate surface area is 273 Å². The summed E-state index contributed by atoms with van der Waals surface area (Å²) < 4.78 is 0. The fraction of sp³-hybridized carbons (Fsp3) is 0.872. The smallest absolute Gasteiger partial charge is 0.222 e. The molecule has 3 atom stereocenters. The third kappa shape index (κ3) is 30.8. The highest BCUT2D eigenvalue weighted by Gasteiger charge is 2.20. The largest absolute Gasteiger partial charge is 0.394 e. The van der Waals surface area contributed by atoms with Gasteiger partial charge in [0.15, 0.2) is 0 Å². The van der Waals surface area contributed by atoms with Gasteiger partial charge in [0.1, 0.15) is 0 Å². The van der Waals surface area contributed by atoms with Crippen LogP contribution in [0.3, 0.4) is 0 Å². The van der Waals surface area contributed by atoms with Crippen molar-refractivity contribution >= 4 is 5.91 Å². The molecular formula is C39H75NO4. The number of carbonyl (C=O) groups is 1. The summed E-state index contributed by atoms with van der Waals surface area (Å²) in [5, 5.41) is 33.0. The fourth-order valence-electron chi connectivity index (χ4n) is 5.77.